The van der Waals surface area contributed by atoms with E-state index in [0.717, 1.165) is 5.56 Å². The van der Waals surface area contributed by atoms with Crippen LogP contribution in [-0.2, 0) is 14.9 Å². The van der Waals surface area contributed by atoms with Gasteiger partial charge in [-0.05, 0) is 30.0 Å². The highest BCUT2D eigenvalue weighted by Gasteiger charge is 2.55. The summed E-state index contributed by atoms with van der Waals surface area (Å²) in [6, 6.07) is 7.48. The minimum absolute atomic E-state index is 0.123. The summed E-state index contributed by atoms with van der Waals surface area (Å²) in [5, 5.41) is 30.1. The monoisotopic (exact) mass is 360 g/mol. The quantitative estimate of drug-likeness (QED) is 0.619. The molecule has 1 aromatic carbocycles. The van der Waals surface area contributed by atoms with Gasteiger partial charge in [0.1, 0.15) is 5.41 Å². The molecule has 0 fully saturated rings. The molecule has 5 heteroatoms. The molecule has 0 radical (unpaired) electrons. The van der Waals surface area contributed by atoms with Gasteiger partial charge in [0.2, 0.25) is 5.79 Å². The van der Waals surface area contributed by atoms with Gasteiger partial charge in [-0.3, -0.25) is 4.79 Å². The second kappa shape index (κ2) is 8.27. The van der Waals surface area contributed by atoms with E-state index in [-0.39, 0.29) is 25.4 Å². The van der Waals surface area contributed by atoms with E-state index >= 15 is 0 Å². The van der Waals surface area contributed by atoms with E-state index < -0.39 is 17.3 Å². The molecule has 142 valence electrons. The van der Waals surface area contributed by atoms with Gasteiger partial charge in [0, 0.05) is 6.42 Å². The standard InChI is InChI=1S/C21H28O5/c1-15(2)17-6-8-18(9-7-17)20(19(24)14-16(3)23)10-4-5-11-21(20,25)26-13-12-22/h4-11,15-16,22-23,25H,12-14H2,1-3H3. The average molecular weight is 360 g/mol. The normalized spacial score (nSPS) is 26.3. The van der Waals surface area contributed by atoms with Crippen molar-refractivity contribution in [3.05, 3.63) is 59.7 Å². The number of ether oxygens (including phenoxy) is 1. The molecule has 3 atom stereocenters. The van der Waals surface area contributed by atoms with Gasteiger partial charge in [-0.25, -0.2) is 0 Å². The number of allylic oxidation sites excluding steroid dienone is 2. The van der Waals surface area contributed by atoms with Crippen LogP contribution in [0.4, 0.5) is 0 Å². The van der Waals surface area contributed by atoms with Crippen molar-refractivity contribution in [2.45, 2.75) is 50.4 Å². The van der Waals surface area contributed by atoms with Gasteiger partial charge < -0.3 is 20.1 Å². The summed E-state index contributed by atoms with van der Waals surface area (Å²) in [5.74, 6) is -1.97. The third-order valence-electron chi connectivity index (χ3n) is 4.71. The van der Waals surface area contributed by atoms with Gasteiger partial charge in [-0.15, -0.1) is 0 Å². The lowest BCUT2D eigenvalue weighted by Crippen LogP contribution is -2.57. The lowest BCUT2D eigenvalue weighted by atomic mass is 9.66. The first-order chi connectivity index (χ1) is 12.3. The Balaban J connectivity index is 2.59. The molecule has 0 saturated heterocycles. The van der Waals surface area contributed by atoms with Gasteiger partial charge in [0.25, 0.3) is 0 Å². The Kier molecular flexibility index (Phi) is 6.53. The van der Waals surface area contributed by atoms with E-state index in [0.29, 0.717) is 11.5 Å². The third kappa shape index (κ3) is 3.81. The lowest BCUT2D eigenvalue weighted by Gasteiger charge is -2.44. The topological polar surface area (TPSA) is 87.0 Å². The Hall–Kier alpha value is -1.79. The van der Waals surface area contributed by atoms with Crippen molar-refractivity contribution in [1.29, 1.82) is 0 Å². The van der Waals surface area contributed by atoms with Gasteiger partial charge >= 0.3 is 0 Å². The van der Waals surface area contributed by atoms with Crippen molar-refractivity contribution in [2.75, 3.05) is 13.2 Å². The molecule has 1 aliphatic carbocycles. The van der Waals surface area contributed by atoms with Crippen molar-refractivity contribution < 1.29 is 24.9 Å². The fraction of sp³-hybridized carbons (Fsp3) is 0.476. The number of benzene rings is 1. The Morgan fingerprint density at radius 3 is 2.27 bits per heavy atom. The van der Waals surface area contributed by atoms with Crippen molar-refractivity contribution in [1.82, 2.24) is 0 Å². The number of rotatable bonds is 8. The molecule has 5 nitrogen and oxygen atoms in total. The zero-order valence-corrected chi connectivity index (χ0v) is 15.6. The van der Waals surface area contributed by atoms with Crippen LogP contribution in [0, 0.1) is 0 Å². The number of carbonyl (C=O) groups is 1. The maximum Gasteiger partial charge on any atom is 0.206 e. The average Bonchev–Trinajstić information content (AvgIpc) is 2.60. The molecule has 0 amide bonds. The number of hydrogen-bond donors (Lipinski definition) is 3. The molecular formula is C21H28O5. The summed E-state index contributed by atoms with van der Waals surface area (Å²) in [6.07, 6.45) is 5.34. The summed E-state index contributed by atoms with van der Waals surface area (Å²) in [7, 11) is 0. The predicted molar refractivity (Wildman–Crippen MR) is 99.8 cm³/mol. The second-order valence-corrected chi connectivity index (χ2v) is 7.05. The number of aliphatic hydroxyl groups is 3. The van der Waals surface area contributed by atoms with Crippen molar-refractivity contribution in [3.63, 3.8) is 0 Å². The van der Waals surface area contributed by atoms with E-state index in [9.17, 15) is 15.0 Å². The Bertz CT molecular complexity index is 674. The first-order valence-electron chi connectivity index (χ1n) is 8.93. The SMILES string of the molecule is CC(O)CC(=O)C1(c2ccc(C(C)C)cc2)C=CC=CC1(O)OCCO. The third-order valence-corrected chi connectivity index (χ3v) is 4.71. The molecule has 0 spiro atoms. The maximum atomic E-state index is 13.2. The van der Waals surface area contributed by atoms with Crippen molar-refractivity contribution in [2.24, 2.45) is 0 Å². The van der Waals surface area contributed by atoms with E-state index in [1.807, 2.05) is 24.3 Å². The Labute approximate surface area is 154 Å². The fourth-order valence-corrected chi connectivity index (χ4v) is 3.32. The second-order valence-electron chi connectivity index (χ2n) is 7.05. The smallest absolute Gasteiger partial charge is 0.206 e. The highest BCUT2D eigenvalue weighted by atomic mass is 16.6. The predicted octanol–water partition coefficient (Wildman–Crippen LogP) is 2.21. The summed E-state index contributed by atoms with van der Waals surface area (Å²) < 4.78 is 5.54. The maximum absolute atomic E-state index is 13.2. The van der Waals surface area contributed by atoms with Crippen LogP contribution >= 0.6 is 0 Å². The van der Waals surface area contributed by atoms with Crippen LogP contribution in [0.3, 0.4) is 0 Å². The Morgan fingerprint density at radius 1 is 1.12 bits per heavy atom. The van der Waals surface area contributed by atoms with Crippen molar-refractivity contribution in [3.8, 4) is 0 Å². The molecule has 0 heterocycles. The number of hydrogen-bond acceptors (Lipinski definition) is 5. The summed E-state index contributed by atoms with van der Waals surface area (Å²) >= 11 is 0. The number of aliphatic hydroxyl groups excluding tert-OH is 2. The largest absolute Gasteiger partial charge is 0.394 e. The van der Waals surface area contributed by atoms with Crippen LogP contribution < -0.4 is 0 Å². The Morgan fingerprint density at radius 2 is 1.73 bits per heavy atom. The molecule has 3 N–H and O–H groups in total. The van der Waals surface area contributed by atoms with Gasteiger partial charge in [0.15, 0.2) is 5.78 Å². The molecule has 0 saturated carbocycles. The zero-order chi connectivity index (χ0) is 19.4. The van der Waals surface area contributed by atoms with E-state index in [4.69, 9.17) is 9.84 Å². The van der Waals surface area contributed by atoms with Crippen LogP contribution in [0.1, 0.15) is 44.2 Å². The highest BCUT2D eigenvalue weighted by Crippen LogP contribution is 2.43. The lowest BCUT2D eigenvalue weighted by molar-refractivity contribution is -0.208. The van der Waals surface area contributed by atoms with Crippen LogP contribution in [0.2, 0.25) is 0 Å². The number of ketones is 1. The summed E-state index contributed by atoms with van der Waals surface area (Å²) in [4.78, 5) is 13.2. The zero-order valence-electron chi connectivity index (χ0n) is 15.6. The molecule has 2 rings (SSSR count). The van der Waals surface area contributed by atoms with Gasteiger partial charge in [0.05, 0.1) is 19.3 Å². The van der Waals surface area contributed by atoms with Gasteiger partial charge in [-0.2, -0.15) is 0 Å². The molecule has 1 aromatic rings. The summed E-state index contributed by atoms with van der Waals surface area (Å²) in [5.41, 5.74) is 0.194. The minimum Gasteiger partial charge on any atom is -0.394 e. The first kappa shape index (κ1) is 20.5. The molecular weight excluding hydrogens is 332 g/mol. The first-order valence-corrected chi connectivity index (χ1v) is 8.93. The molecule has 26 heavy (non-hydrogen) atoms. The van der Waals surface area contributed by atoms with Crippen LogP contribution in [0.25, 0.3) is 0 Å². The number of carbonyl (C=O) groups excluding carboxylic acids is 1. The van der Waals surface area contributed by atoms with E-state index in [2.05, 4.69) is 13.8 Å². The minimum atomic E-state index is -1.95. The summed E-state index contributed by atoms with van der Waals surface area (Å²) in [6.45, 7) is 5.28. The molecule has 1 aliphatic rings. The van der Waals surface area contributed by atoms with Crippen molar-refractivity contribution >= 4 is 5.78 Å². The molecule has 0 bridgehead atoms. The van der Waals surface area contributed by atoms with Crippen LogP contribution in [-0.4, -0.2) is 46.2 Å². The van der Waals surface area contributed by atoms with Crippen LogP contribution in [0.5, 0.6) is 0 Å². The van der Waals surface area contributed by atoms with Crippen LogP contribution in [0.15, 0.2) is 48.6 Å². The highest BCUT2D eigenvalue weighted by molar-refractivity contribution is 5.95. The van der Waals surface area contributed by atoms with E-state index in [1.54, 1.807) is 18.2 Å². The fourth-order valence-electron chi connectivity index (χ4n) is 3.32. The van der Waals surface area contributed by atoms with Gasteiger partial charge in [-0.1, -0.05) is 56.3 Å². The molecule has 0 aliphatic heterocycles. The van der Waals surface area contributed by atoms with E-state index in [1.165, 1.54) is 13.0 Å². The molecule has 0 aromatic heterocycles. The molecule has 3 unspecified atom stereocenters. The number of Topliss-reactive ketones (excluding diaryl/α,β-unsaturated/α-hetero) is 1.